The summed E-state index contributed by atoms with van der Waals surface area (Å²) in [5, 5.41) is 2.05. The smallest absolute Gasteiger partial charge is 0.356 e. The van der Waals surface area contributed by atoms with Gasteiger partial charge in [0.2, 0.25) is 0 Å². The van der Waals surface area contributed by atoms with Gasteiger partial charge in [-0.1, -0.05) is 53.5 Å². The van der Waals surface area contributed by atoms with E-state index in [2.05, 4.69) is 9.97 Å². The highest BCUT2D eigenvalue weighted by Crippen LogP contribution is 2.36. The summed E-state index contributed by atoms with van der Waals surface area (Å²) in [5.41, 5.74) is -1.59. The lowest BCUT2D eigenvalue weighted by Gasteiger charge is -2.33. The van der Waals surface area contributed by atoms with Crippen molar-refractivity contribution in [3.8, 4) is 0 Å². The minimum atomic E-state index is -5.40. The van der Waals surface area contributed by atoms with Gasteiger partial charge in [-0.2, -0.15) is 13.2 Å². The second kappa shape index (κ2) is 10.9. The van der Waals surface area contributed by atoms with Crippen molar-refractivity contribution in [2.75, 3.05) is 18.0 Å². The van der Waals surface area contributed by atoms with Crippen LogP contribution in [0.3, 0.4) is 0 Å². The third-order valence-electron chi connectivity index (χ3n) is 6.80. The standard InChI is InChI=1S/C27H23Cl2F3N4O2S/c28-20-6-1-17(2-7-20)25(18-3-8-21(29)9-4-18)19-5-10-24-23(15-19)26(34-16-33-24)36-13-11-22(12-14-36)35-39(37,38)27(30,31)32/h1-10,15-16,22,25,35H,11-14H2. The van der Waals surface area contributed by atoms with Gasteiger partial charge in [0.05, 0.1) is 5.52 Å². The molecule has 0 atom stereocenters. The number of anilines is 1. The largest absolute Gasteiger partial charge is 0.511 e. The molecule has 5 rings (SSSR count). The molecular formula is C27H23Cl2F3N4O2S. The molecule has 6 nitrogen and oxygen atoms in total. The molecule has 1 fully saturated rings. The lowest BCUT2D eigenvalue weighted by molar-refractivity contribution is -0.0451. The Hall–Kier alpha value is -2.92. The Morgan fingerprint density at radius 1 is 0.846 bits per heavy atom. The molecule has 0 unspecified atom stereocenters. The minimum Gasteiger partial charge on any atom is -0.356 e. The van der Waals surface area contributed by atoms with E-state index in [1.165, 1.54) is 6.33 Å². The van der Waals surface area contributed by atoms with Crippen molar-refractivity contribution < 1.29 is 21.6 Å². The molecule has 1 aliphatic rings. The van der Waals surface area contributed by atoms with Crippen molar-refractivity contribution in [3.63, 3.8) is 0 Å². The second-order valence-electron chi connectivity index (χ2n) is 9.34. The first-order chi connectivity index (χ1) is 18.5. The van der Waals surface area contributed by atoms with E-state index in [1.807, 2.05) is 71.6 Å². The van der Waals surface area contributed by atoms with Gasteiger partial charge in [-0.15, -0.1) is 0 Å². The normalized spacial score (nSPS) is 15.3. The first-order valence-corrected chi connectivity index (χ1v) is 14.3. The molecule has 1 aliphatic heterocycles. The molecule has 204 valence electrons. The molecule has 39 heavy (non-hydrogen) atoms. The fourth-order valence-corrected chi connectivity index (χ4v) is 5.94. The van der Waals surface area contributed by atoms with Gasteiger partial charge in [0.25, 0.3) is 0 Å². The average molecular weight is 595 g/mol. The van der Waals surface area contributed by atoms with Crippen LogP contribution in [-0.2, 0) is 10.0 Å². The zero-order chi connectivity index (χ0) is 27.8. The van der Waals surface area contributed by atoms with E-state index >= 15 is 0 Å². The predicted molar refractivity (Wildman–Crippen MR) is 147 cm³/mol. The molecule has 3 aromatic carbocycles. The summed E-state index contributed by atoms with van der Waals surface area (Å²) < 4.78 is 63.3. The fourth-order valence-electron chi connectivity index (χ4n) is 4.88. The summed E-state index contributed by atoms with van der Waals surface area (Å²) >= 11 is 12.3. The number of aromatic nitrogens is 2. The number of fused-ring (bicyclic) bond motifs is 1. The van der Waals surface area contributed by atoms with E-state index in [0.717, 1.165) is 27.6 Å². The zero-order valence-electron chi connectivity index (χ0n) is 20.4. The van der Waals surface area contributed by atoms with E-state index in [4.69, 9.17) is 23.2 Å². The average Bonchev–Trinajstić information content (AvgIpc) is 2.90. The maximum atomic E-state index is 12.8. The zero-order valence-corrected chi connectivity index (χ0v) is 22.7. The van der Waals surface area contributed by atoms with Gasteiger partial charge in [0.15, 0.2) is 0 Å². The number of hydrogen-bond acceptors (Lipinski definition) is 5. The fraction of sp³-hybridized carbons (Fsp3) is 0.259. The van der Waals surface area contributed by atoms with Crippen LogP contribution in [0.25, 0.3) is 10.9 Å². The van der Waals surface area contributed by atoms with Crippen LogP contribution in [0.15, 0.2) is 73.1 Å². The second-order valence-corrected chi connectivity index (χ2v) is 11.9. The lowest BCUT2D eigenvalue weighted by Crippen LogP contribution is -2.48. The van der Waals surface area contributed by atoms with Gasteiger partial charge >= 0.3 is 15.5 Å². The van der Waals surface area contributed by atoms with Gasteiger partial charge in [0, 0.05) is 40.5 Å². The van der Waals surface area contributed by atoms with Gasteiger partial charge in [0.1, 0.15) is 12.1 Å². The highest BCUT2D eigenvalue weighted by atomic mass is 35.5. The summed E-state index contributed by atoms with van der Waals surface area (Å²) in [4.78, 5) is 10.9. The summed E-state index contributed by atoms with van der Waals surface area (Å²) in [6.07, 6.45) is 1.86. The van der Waals surface area contributed by atoms with Crippen molar-refractivity contribution >= 4 is 49.9 Å². The topological polar surface area (TPSA) is 75.2 Å². The van der Waals surface area contributed by atoms with Gasteiger partial charge in [-0.25, -0.2) is 23.1 Å². The first kappa shape index (κ1) is 27.6. The van der Waals surface area contributed by atoms with Crippen molar-refractivity contribution in [3.05, 3.63) is 99.8 Å². The number of nitrogens with zero attached hydrogens (tertiary/aromatic N) is 3. The maximum Gasteiger partial charge on any atom is 0.511 e. The molecule has 2 heterocycles. The summed E-state index contributed by atoms with van der Waals surface area (Å²) in [5.74, 6) is 0.504. The molecule has 4 aromatic rings. The quantitative estimate of drug-likeness (QED) is 0.257. The minimum absolute atomic E-state index is 0.139. The lowest BCUT2D eigenvalue weighted by atomic mass is 9.84. The van der Waals surface area contributed by atoms with Crippen LogP contribution in [0.1, 0.15) is 35.4 Å². The van der Waals surface area contributed by atoms with Crippen LogP contribution in [0.5, 0.6) is 0 Å². The van der Waals surface area contributed by atoms with Gasteiger partial charge < -0.3 is 4.90 Å². The van der Waals surface area contributed by atoms with Crippen LogP contribution < -0.4 is 9.62 Å². The Morgan fingerprint density at radius 3 is 1.92 bits per heavy atom. The Kier molecular flexibility index (Phi) is 7.74. The SMILES string of the molecule is O=S(=O)(NC1CCN(c2ncnc3ccc(C(c4ccc(Cl)cc4)c4ccc(Cl)cc4)cc23)CC1)C(F)(F)F. The van der Waals surface area contributed by atoms with E-state index in [-0.39, 0.29) is 18.8 Å². The highest BCUT2D eigenvalue weighted by molar-refractivity contribution is 7.90. The number of benzene rings is 3. The van der Waals surface area contributed by atoms with Crippen LogP contribution >= 0.6 is 23.2 Å². The molecule has 1 aromatic heterocycles. The molecule has 0 bridgehead atoms. The third-order valence-corrected chi connectivity index (χ3v) is 8.56. The highest BCUT2D eigenvalue weighted by Gasteiger charge is 2.47. The van der Waals surface area contributed by atoms with Crippen molar-refractivity contribution in [2.24, 2.45) is 0 Å². The Balaban J connectivity index is 1.47. The van der Waals surface area contributed by atoms with E-state index in [0.29, 0.717) is 29.0 Å². The number of rotatable bonds is 6. The van der Waals surface area contributed by atoms with E-state index in [9.17, 15) is 21.6 Å². The molecule has 1 N–H and O–H groups in total. The number of alkyl halides is 3. The molecule has 0 saturated carbocycles. The molecular weight excluding hydrogens is 572 g/mol. The number of sulfonamides is 1. The first-order valence-electron chi connectivity index (χ1n) is 12.1. The van der Waals surface area contributed by atoms with Crippen LogP contribution in [0, 0.1) is 0 Å². The number of halogens is 5. The van der Waals surface area contributed by atoms with Crippen LogP contribution in [0.2, 0.25) is 10.0 Å². The molecule has 0 spiro atoms. The monoisotopic (exact) mass is 594 g/mol. The molecule has 0 radical (unpaired) electrons. The predicted octanol–water partition coefficient (Wildman–Crippen LogP) is 6.52. The Labute approximate surface area is 233 Å². The number of piperidine rings is 1. The van der Waals surface area contributed by atoms with Crippen molar-refractivity contribution in [1.82, 2.24) is 14.7 Å². The Morgan fingerprint density at radius 2 is 1.38 bits per heavy atom. The molecule has 1 saturated heterocycles. The third kappa shape index (κ3) is 5.99. The summed E-state index contributed by atoms with van der Waals surface area (Å²) in [6, 6.07) is 20.4. The maximum absolute atomic E-state index is 12.8. The van der Waals surface area contributed by atoms with Gasteiger partial charge in [-0.3, -0.25) is 0 Å². The van der Waals surface area contributed by atoms with Crippen molar-refractivity contribution in [1.29, 1.82) is 0 Å². The molecule has 0 amide bonds. The number of nitrogens with one attached hydrogen (secondary N) is 1. The van der Waals surface area contributed by atoms with Gasteiger partial charge in [-0.05, 0) is 65.9 Å². The number of hydrogen-bond donors (Lipinski definition) is 1. The van der Waals surface area contributed by atoms with Crippen molar-refractivity contribution in [2.45, 2.75) is 30.3 Å². The van der Waals surface area contributed by atoms with E-state index in [1.54, 1.807) is 4.72 Å². The van der Waals surface area contributed by atoms with Crippen LogP contribution in [-0.4, -0.2) is 43.0 Å². The van der Waals surface area contributed by atoms with Crippen LogP contribution in [0.4, 0.5) is 19.0 Å². The Bertz CT molecular complexity index is 1530. The van der Waals surface area contributed by atoms with E-state index < -0.39 is 21.6 Å². The summed E-state index contributed by atoms with van der Waals surface area (Å²) in [7, 11) is -5.40. The molecule has 0 aliphatic carbocycles. The molecule has 12 heteroatoms. The summed E-state index contributed by atoms with van der Waals surface area (Å²) in [6.45, 7) is 0.665.